The Hall–Kier alpha value is -0.160. The normalized spacial score (nSPS) is 34.0. The van der Waals surface area contributed by atoms with E-state index in [1.54, 1.807) is 7.11 Å². The van der Waals surface area contributed by atoms with Crippen LogP contribution in [0.1, 0.15) is 26.2 Å². The molecule has 2 fully saturated rings. The number of hydrogen-bond donors (Lipinski definition) is 1. The zero-order valence-corrected chi connectivity index (χ0v) is 11.9. The number of nitrogens with one attached hydrogen (secondary N) is 1. The highest BCUT2D eigenvalue weighted by Crippen LogP contribution is 2.23. The third-order valence-corrected chi connectivity index (χ3v) is 4.17. The summed E-state index contributed by atoms with van der Waals surface area (Å²) in [7, 11) is 1.80. The summed E-state index contributed by atoms with van der Waals surface area (Å²) in [4.78, 5) is 2.61. The van der Waals surface area contributed by atoms with Gasteiger partial charge in [-0.1, -0.05) is 6.92 Å². The molecule has 2 rings (SSSR count). The second kappa shape index (κ2) is 7.43. The average molecular weight is 256 g/mol. The molecule has 2 aliphatic heterocycles. The van der Waals surface area contributed by atoms with Gasteiger partial charge in [-0.15, -0.1) is 0 Å². The maximum atomic E-state index is 5.69. The fraction of sp³-hybridized carbons (Fsp3) is 1.00. The van der Waals surface area contributed by atoms with Crippen molar-refractivity contribution in [3.8, 4) is 0 Å². The quantitative estimate of drug-likeness (QED) is 0.772. The molecule has 0 aliphatic carbocycles. The Balaban J connectivity index is 1.84. The van der Waals surface area contributed by atoms with Gasteiger partial charge < -0.3 is 14.8 Å². The van der Waals surface area contributed by atoms with Crippen molar-refractivity contribution < 1.29 is 9.47 Å². The van der Waals surface area contributed by atoms with E-state index in [4.69, 9.17) is 9.47 Å². The van der Waals surface area contributed by atoms with Crippen LogP contribution in [-0.2, 0) is 9.47 Å². The molecule has 3 atom stereocenters. The van der Waals surface area contributed by atoms with E-state index in [1.807, 2.05) is 0 Å². The van der Waals surface area contributed by atoms with Crippen molar-refractivity contribution in [1.29, 1.82) is 0 Å². The summed E-state index contributed by atoms with van der Waals surface area (Å²) in [6.45, 7) is 8.42. The Labute approximate surface area is 111 Å². The Morgan fingerprint density at radius 3 is 3.06 bits per heavy atom. The topological polar surface area (TPSA) is 33.7 Å². The van der Waals surface area contributed by atoms with Gasteiger partial charge in [0, 0.05) is 32.3 Å². The van der Waals surface area contributed by atoms with Gasteiger partial charge in [-0.3, -0.25) is 4.90 Å². The molecule has 0 spiro atoms. The summed E-state index contributed by atoms with van der Waals surface area (Å²) in [6, 6.07) is 1.17. The molecule has 4 heteroatoms. The lowest BCUT2D eigenvalue weighted by Crippen LogP contribution is -2.55. The number of likely N-dealkylation sites (tertiary alicyclic amines) is 1. The van der Waals surface area contributed by atoms with Crippen molar-refractivity contribution >= 4 is 0 Å². The standard InChI is InChI=1S/C14H28N2O2/c1-3-6-15-13-5-8-18-11-14(13)16-7-4-12(9-16)10-17-2/h12-15H,3-11H2,1-2H3. The van der Waals surface area contributed by atoms with Gasteiger partial charge >= 0.3 is 0 Å². The zero-order valence-electron chi connectivity index (χ0n) is 11.9. The molecular formula is C14H28N2O2. The molecular weight excluding hydrogens is 228 g/mol. The number of nitrogens with zero attached hydrogens (tertiary/aromatic N) is 1. The average Bonchev–Trinajstić information content (AvgIpc) is 2.86. The van der Waals surface area contributed by atoms with Crippen LogP contribution >= 0.6 is 0 Å². The van der Waals surface area contributed by atoms with Crippen LogP contribution in [0.4, 0.5) is 0 Å². The molecule has 1 N–H and O–H groups in total. The Kier molecular flexibility index (Phi) is 5.89. The third-order valence-electron chi connectivity index (χ3n) is 4.17. The van der Waals surface area contributed by atoms with Crippen LogP contribution in [0.15, 0.2) is 0 Å². The van der Waals surface area contributed by atoms with E-state index in [2.05, 4.69) is 17.1 Å². The van der Waals surface area contributed by atoms with Crippen molar-refractivity contribution in [3.63, 3.8) is 0 Å². The summed E-state index contributed by atoms with van der Waals surface area (Å²) in [6.07, 6.45) is 3.62. The third kappa shape index (κ3) is 3.67. The number of hydrogen-bond acceptors (Lipinski definition) is 4. The van der Waals surface area contributed by atoms with Gasteiger partial charge in [0.2, 0.25) is 0 Å². The second-order valence-electron chi connectivity index (χ2n) is 5.60. The molecule has 0 amide bonds. The molecule has 4 nitrogen and oxygen atoms in total. The zero-order chi connectivity index (χ0) is 12.8. The molecule has 0 aromatic rings. The van der Waals surface area contributed by atoms with Crippen LogP contribution < -0.4 is 5.32 Å². The summed E-state index contributed by atoms with van der Waals surface area (Å²) in [5.41, 5.74) is 0. The van der Waals surface area contributed by atoms with E-state index in [-0.39, 0.29) is 0 Å². The molecule has 0 aromatic heterocycles. The minimum atomic E-state index is 0.562. The van der Waals surface area contributed by atoms with Crippen LogP contribution in [0.5, 0.6) is 0 Å². The van der Waals surface area contributed by atoms with E-state index in [0.717, 1.165) is 32.8 Å². The highest BCUT2D eigenvalue weighted by atomic mass is 16.5. The van der Waals surface area contributed by atoms with Gasteiger partial charge in [0.1, 0.15) is 0 Å². The van der Waals surface area contributed by atoms with Crippen molar-refractivity contribution in [2.24, 2.45) is 5.92 Å². The van der Waals surface area contributed by atoms with Crippen LogP contribution in [0.3, 0.4) is 0 Å². The largest absolute Gasteiger partial charge is 0.384 e. The first-order valence-corrected chi connectivity index (χ1v) is 7.39. The first-order valence-electron chi connectivity index (χ1n) is 7.39. The molecule has 18 heavy (non-hydrogen) atoms. The minimum absolute atomic E-state index is 0.562. The van der Waals surface area contributed by atoms with Gasteiger partial charge in [-0.05, 0) is 38.3 Å². The lowest BCUT2D eigenvalue weighted by atomic mass is 10.0. The molecule has 0 saturated carbocycles. The van der Waals surface area contributed by atoms with Gasteiger partial charge in [0.25, 0.3) is 0 Å². The SMILES string of the molecule is CCCNC1CCOCC1N1CCC(COC)C1. The van der Waals surface area contributed by atoms with E-state index in [0.29, 0.717) is 18.0 Å². The summed E-state index contributed by atoms with van der Waals surface area (Å²) >= 11 is 0. The van der Waals surface area contributed by atoms with E-state index in [1.165, 1.54) is 25.9 Å². The smallest absolute Gasteiger partial charge is 0.0637 e. The summed E-state index contributed by atoms with van der Waals surface area (Å²) in [5.74, 6) is 0.712. The predicted octanol–water partition coefficient (Wildman–Crippen LogP) is 1.11. The minimum Gasteiger partial charge on any atom is -0.384 e. The van der Waals surface area contributed by atoms with Crippen molar-refractivity contribution in [2.75, 3.05) is 46.6 Å². The number of rotatable bonds is 6. The van der Waals surface area contributed by atoms with Crippen molar-refractivity contribution in [2.45, 2.75) is 38.3 Å². The molecule has 2 heterocycles. The van der Waals surface area contributed by atoms with Gasteiger partial charge in [0.15, 0.2) is 0 Å². The fourth-order valence-corrected chi connectivity index (χ4v) is 3.19. The first-order chi connectivity index (χ1) is 8.85. The van der Waals surface area contributed by atoms with E-state index < -0.39 is 0 Å². The maximum absolute atomic E-state index is 5.69. The van der Waals surface area contributed by atoms with Crippen LogP contribution in [0, 0.1) is 5.92 Å². The van der Waals surface area contributed by atoms with Crippen molar-refractivity contribution in [1.82, 2.24) is 10.2 Å². The first kappa shape index (κ1) is 14.3. The highest BCUT2D eigenvalue weighted by molar-refractivity contribution is 4.91. The van der Waals surface area contributed by atoms with Gasteiger partial charge in [-0.2, -0.15) is 0 Å². The molecule has 0 aromatic carbocycles. The molecule has 3 unspecified atom stereocenters. The Morgan fingerprint density at radius 1 is 1.39 bits per heavy atom. The van der Waals surface area contributed by atoms with Gasteiger partial charge in [-0.25, -0.2) is 0 Å². The lowest BCUT2D eigenvalue weighted by molar-refractivity contribution is 0.00276. The Bertz CT molecular complexity index is 238. The fourth-order valence-electron chi connectivity index (χ4n) is 3.19. The van der Waals surface area contributed by atoms with Gasteiger partial charge in [0.05, 0.1) is 13.2 Å². The van der Waals surface area contributed by atoms with Crippen LogP contribution in [0.25, 0.3) is 0 Å². The molecule has 0 radical (unpaired) electrons. The molecule has 106 valence electrons. The lowest BCUT2D eigenvalue weighted by Gasteiger charge is -2.38. The summed E-state index contributed by atoms with van der Waals surface area (Å²) in [5, 5.41) is 3.69. The van der Waals surface area contributed by atoms with Crippen molar-refractivity contribution in [3.05, 3.63) is 0 Å². The predicted molar refractivity (Wildman–Crippen MR) is 72.9 cm³/mol. The Morgan fingerprint density at radius 2 is 2.28 bits per heavy atom. The monoisotopic (exact) mass is 256 g/mol. The summed E-state index contributed by atoms with van der Waals surface area (Å²) < 4.78 is 11.0. The molecule has 0 bridgehead atoms. The van der Waals surface area contributed by atoms with E-state index in [9.17, 15) is 0 Å². The number of ether oxygens (including phenoxy) is 2. The van der Waals surface area contributed by atoms with Crippen LogP contribution in [0.2, 0.25) is 0 Å². The number of methoxy groups -OCH3 is 1. The molecule has 2 aliphatic rings. The van der Waals surface area contributed by atoms with Crippen LogP contribution in [-0.4, -0.2) is 63.5 Å². The highest BCUT2D eigenvalue weighted by Gasteiger charge is 2.34. The molecule has 2 saturated heterocycles. The second-order valence-corrected chi connectivity index (χ2v) is 5.60. The van der Waals surface area contributed by atoms with E-state index >= 15 is 0 Å². The maximum Gasteiger partial charge on any atom is 0.0637 e.